The lowest BCUT2D eigenvalue weighted by atomic mass is 10.1. The van der Waals surface area contributed by atoms with E-state index in [0.717, 1.165) is 5.56 Å². The zero-order valence-electron chi connectivity index (χ0n) is 8.92. The molecule has 2 N–H and O–H groups in total. The first-order chi connectivity index (χ1) is 8.06. The lowest BCUT2D eigenvalue weighted by molar-refractivity contribution is 0.625. The lowest BCUT2D eigenvalue weighted by Crippen LogP contribution is -1.89. The zero-order chi connectivity index (χ0) is 12.6. The number of nitrogen functional groups attached to an aromatic ring is 1. The van der Waals surface area contributed by atoms with Gasteiger partial charge in [0.1, 0.15) is 16.8 Å². The fourth-order valence-electron chi connectivity index (χ4n) is 1.55. The smallest absolute Gasteiger partial charge is 0.146 e. The fourth-order valence-corrected chi connectivity index (χ4v) is 2.96. The van der Waals surface area contributed by atoms with E-state index in [2.05, 4.69) is 15.9 Å². The molecule has 0 radical (unpaired) electrons. The van der Waals surface area contributed by atoms with Crippen LogP contribution in [0, 0.1) is 24.1 Å². The number of halogens is 2. The minimum Gasteiger partial charge on any atom is -0.397 e. The van der Waals surface area contributed by atoms with E-state index in [4.69, 9.17) is 11.0 Å². The van der Waals surface area contributed by atoms with Crippen LogP contribution >= 0.6 is 27.3 Å². The standard InChI is InChI=1S/C12H8BrFN2S/c1-6-11(16)9(5-15)17-12(6)7-3-2-4-8(13)10(7)14/h2-4H,16H2,1H3. The van der Waals surface area contributed by atoms with Gasteiger partial charge in [0, 0.05) is 10.4 Å². The molecule has 2 nitrogen and oxygen atoms in total. The summed E-state index contributed by atoms with van der Waals surface area (Å²) < 4.78 is 14.4. The number of benzene rings is 1. The van der Waals surface area contributed by atoms with Crippen LogP contribution in [-0.2, 0) is 0 Å². The van der Waals surface area contributed by atoms with Gasteiger partial charge in [-0.1, -0.05) is 12.1 Å². The molecule has 0 amide bonds. The van der Waals surface area contributed by atoms with Gasteiger partial charge in [0.05, 0.1) is 10.2 Å². The lowest BCUT2D eigenvalue weighted by Gasteiger charge is -2.03. The van der Waals surface area contributed by atoms with Crippen LogP contribution < -0.4 is 5.73 Å². The van der Waals surface area contributed by atoms with Gasteiger partial charge in [0.15, 0.2) is 0 Å². The highest BCUT2D eigenvalue weighted by molar-refractivity contribution is 9.10. The number of nitriles is 1. The molecule has 0 atom stereocenters. The van der Waals surface area contributed by atoms with Crippen LogP contribution in [0.5, 0.6) is 0 Å². The van der Waals surface area contributed by atoms with Crippen molar-refractivity contribution < 1.29 is 4.39 Å². The predicted molar refractivity (Wildman–Crippen MR) is 71.3 cm³/mol. The van der Waals surface area contributed by atoms with E-state index in [1.54, 1.807) is 25.1 Å². The normalized spacial score (nSPS) is 10.2. The fraction of sp³-hybridized carbons (Fsp3) is 0.0833. The van der Waals surface area contributed by atoms with Crippen molar-refractivity contribution in [1.29, 1.82) is 5.26 Å². The Hall–Kier alpha value is -1.38. The molecule has 1 aromatic heterocycles. The Morgan fingerprint density at radius 3 is 2.76 bits per heavy atom. The second-order valence-electron chi connectivity index (χ2n) is 3.51. The van der Waals surface area contributed by atoms with Crippen LogP contribution in [0.4, 0.5) is 10.1 Å². The van der Waals surface area contributed by atoms with Crippen molar-refractivity contribution >= 4 is 33.0 Å². The van der Waals surface area contributed by atoms with Crippen molar-refractivity contribution in [3.8, 4) is 16.5 Å². The van der Waals surface area contributed by atoms with Crippen molar-refractivity contribution in [2.24, 2.45) is 0 Å². The highest BCUT2D eigenvalue weighted by atomic mass is 79.9. The number of rotatable bonds is 1. The number of nitrogens with zero attached hydrogens (tertiary/aromatic N) is 1. The molecule has 0 aliphatic rings. The zero-order valence-corrected chi connectivity index (χ0v) is 11.3. The monoisotopic (exact) mass is 310 g/mol. The molecule has 0 saturated carbocycles. The van der Waals surface area contributed by atoms with E-state index in [1.165, 1.54) is 11.3 Å². The molecule has 2 rings (SSSR count). The van der Waals surface area contributed by atoms with Crippen molar-refractivity contribution in [1.82, 2.24) is 0 Å². The summed E-state index contributed by atoms with van der Waals surface area (Å²) in [6.07, 6.45) is 0. The molecule has 0 spiro atoms. The third-order valence-corrected chi connectivity index (χ3v) is 4.35. The molecule has 1 aromatic carbocycles. The van der Waals surface area contributed by atoms with Crippen LogP contribution in [0.3, 0.4) is 0 Å². The molecule has 0 unspecified atom stereocenters. The van der Waals surface area contributed by atoms with Gasteiger partial charge in [-0.2, -0.15) is 5.26 Å². The van der Waals surface area contributed by atoms with Crippen molar-refractivity contribution in [3.05, 3.63) is 38.9 Å². The highest BCUT2D eigenvalue weighted by Crippen LogP contribution is 2.39. The first-order valence-corrected chi connectivity index (χ1v) is 6.40. The average Bonchev–Trinajstić information content (AvgIpc) is 2.60. The first kappa shape index (κ1) is 12.1. The van der Waals surface area contributed by atoms with Gasteiger partial charge >= 0.3 is 0 Å². The average molecular weight is 311 g/mol. The molecule has 0 fully saturated rings. The van der Waals surface area contributed by atoms with E-state index in [9.17, 15) is 4.39 Å². The van der Waals surface area contributed by atoms with E-state index < -0.39 is 0 Å². The van der Waals surface area contributed by atoms with E-state index in [1.807, 2.05) is 6.07 Å². The van der Waals surface area contributed by atoms with Gasteiger partial charge in [0.2, 0.25) is 0 Å². The molecule has 0 aliphatic heterocycles. The second kappa shape index (κ2) is 4.47. The van der Waals surface area contributed by atoms with Gasteiger partial charge in [-0.15, -0.1) is 11.3 Å². The summed E-state index contributed by atoms with van der Waals surface area (Å²) in [5.74, 6) is -0.332. The molecule has 17 heavy (non-hydrogen) atoms. The quantitative estimate of drug-likeness (QED) is 0.862. The topological polar surface area (TPSA) is 49.8 Å². The third kappa shape index (κ3) is 1.94. The summed E-state index contributed by atoms with van der Waals surface area (Å²) in [5.41, 5.74) is 7.45. The van der Waals surface area contributed by atoms with Crippen molar-refractivity contribution in [2.45, 2.75) is 6.92 Å². The molecule has 0 bridgehead atoms. The number of nitrogens with two attached hydrogens (primary N) is 1. The Morgan fingerprint density at radius 2 is 2.18 bits per heavy atom. The SMILES string of the molecule is Cc1c(-c2cccc(Br)c2F)sc(C#N)c1N. The molecule has 86 valence electrons. The number of thiophene rings is 1. The summed E-state index contributed by atoms with van der Waals surface area (Å²) in [4.78, 5) is 1.13. The van der Waals surface area contributed by atoms with Crippen molar-refractivity contribution in [2.75, 3.05) is 5.73 Å². The van der Waals surface area contributed by atoms with Gasteiger partial charge in [0.25, 0.3) is 0 Å². The van der Waals surface area contributed by atoms with Gasteiger partial charge in [-0.3, -0.25) is 0 Å². The van der Waals surface area contributed by atoms with E-state index in [0.29, 0.717) is 25.5 Å². The number of hydrogen-bond donors (Lipinski definition) is 1. The molecule has 1 heterocycles. The summed E-state index contributed by atoms with van der Waals surface area (Å²) in [6, 6.07) is 7.09. The predicted octanol–water partition coefficient (Wildman–Crippen LogP) is 4.08. The Labute approximate surface area is 111 Å². The third-order valence-electron chi connectivity index (χ3n) is 2.49. The molecule has 2 aromatic rings. The summed E-state index contributed by atoms with van der Waals surface area (Å²) in [5, 5.41) is 8.90. The molecule has 5 heteroatoms. The molecular formula is C12H8BrFN2S. The molecular weight excluding hydrogens is 303 g/mol. The van der Waals surface area contributed by atoms with Crippen LogP contribution in [0.15, 0.2) is 22.7 Å². The van der Waals surface area contributed by atoms with Crippen LogP contribution in [-0.4, -0.2) is 0 Å². The van der Waals surface area contributed by atoms with Crippen molar-refractivity contribution in [3.63, 3.8) is 0 Å². The van der Waals surface area contributed by atoms with Crippen LogP contribution in [0.1, 0.15) is 10.4 Å². The Morgan fingerprint density at radius 1 is 1.47 bits per heavy atom. The molecule has 0 aliphatic carbocycles. The first-order valence-electron chi connectivity index (χ1n) is 4.79. The number of anilines is 1. The van der Waals surface area contributed by atoms with Crippen LogP contribution in [0.2, 0.25) is 0 Å². The maximum absolute atomic E-state index is 13.9. The van der Waals surface area contributed by atoms with Gasteiger partial charge < -0.3 is 5.73 Å². The molecule has 0 saturated heterocycles. The Kier molecular flexibility index (Phi) is 3.18. The van der Waals surface area contributed by atoms with E-state index in [-0.39, 0.29) is 5.82 Å². The minimum atomic E-state index is -0.332. The Bertz CT molecular complexity index is 628. The second-order valence-corrected chi connectivity index (χ2v) is 5.39. The largest absolute Gasteiger partial charge is 0.397 e. The van der Waals surface area contributed by atoms with Gasteiger partial charge in [-0.25, -0.2) is 4.39 Å². The summed E-state index contributed by atoms with van der Waals surface area (Å²) >= 11 is 4.36. The minimum absolute atomic E-state index is 0.332. The highest BCUT2D eigenvalue weighted by Gasteiger charge is 2.17. The van der Waals surface area contributed by atoms with Crippen LogP contribution in [0.25, 0.3) is 10.4 Å². The summed E-state index contributed by atoms with van der Waals surface area (Å²) in [7, 11) is 0. The Balaban J connectivity index is 2.70. The van der Waals surface area contributed by atoms with Gasteiger partial charge in [-0.05, 0) is 34.5 Å². The maximum atomic E-state index is 13.9. The maximum Gasteiger partial charge on any atom is 0.146 e. The van der Waals surface area contributed by atoms with E-state index >= 15 is 0 Å². The summed E-state index contributed by atoms with van der Waals surface area (Å²) in [6.45, 7) is 1.79. The number of hydrogen-bond acceptors (Lipinski definition) is 3.